The van der Waals surface area contributed by atoms with Crippen LogP contribution in [0, 0.1) is 35.2 Å². The van der Waals surface area contributed by atoms with Gasteiger partial charge in [0, 0.05) is 0 Å². The molecular formula is C8F6N2. The van der Waals surface area contributed by atoms with E-state index < -0.39 is 46.2 Å². The summed E-state index contributed by atoms with van der Waals surface area (Å²) in [5.74, 6) is -12.0. The van der Waals surface area contributed by atoms with Gasteiger partial charge >= 0.3 is 0 Å². The van der Waals surface area contributed by atoms with Gasteiger partial charge < -0.3 is 0 Å². The molecule has 0 saturated heterocycles. The van der Waals surface area contributed by atoms with Crippen molar-refractivity contribution in [3.8, 4) is 0 Å². The number of halogens is 6. The highest BCUT2D eigenvalue weighted by Crippen LogP contribution is 2.24. The first-order chi connectivity index (χ1) is 7.43. The lowest BCUT2D eigenvalue weighted by Crippen LogP contribution is -2.05. The van der Waals surface area contributed by atoms with Crippen LogP contribution in [0.2, 0.25) is 0 Å². The Morgan fingerprint density at radius 2 is 0.938 bits per heavy atom. The topological polar surface area (TPSA) is 25.8 Å². The fraction of sp³-hybridized carbons (Fsp3) is 0. The van der Waals surface area contributed by atoms with Crippen LogP contribution >= 0.6 is 0 Å². The number of hydrogen-bond acceptors (Lipinski definition) is 2. The third-order valence-corrected chi connectivity index (χ3v) is 1.82. The number of aromatic nitrogens is 2. The van der Waals surface area contributed by atoms with Crippen LogP contribution in [-0.4, -0.2) is 9.97 Å². The van der Waals surface area contributed by atoms with Crippen LogP contribution in [0.4, 0.5) is 26.3 Å². The van der Waals surface area contributed by atoms with Gasteiger partial charge in [0.05, 0.1) is 5.39 Å². The Morgan fingerprint density at radius 3 is 1.31 bits per heavy atom. The summed E-state index contributed by atoms with van der Waals surface area (Å²) in [6.45, 7) is 0. The van der Waals surface area contributed by atoms with Crippen molar-refractivity contribution in [3.63, 3.8) is 0 Å². The third-order valence-electron chi connectivity index (χ3n) is 1.82. The predicted octanol–water partition coefficient (Wildman–Crippen LogP) is 2.46. The van der Waals surface area contributed by atoms with Gasteiger partial charge in [-0.1, -0.05) is 0 Å². The summed E-state index contributed by atoms with van der Waals surface area (Å²) in [6.07, 6.45) is 0. The van der Waals surface area contributed by atoms with E-state index in [9.17, 15) is 26.3 Å². The van der Waals surface area contributed by atoms with Gasteiger partial charge in [0.1, 0.15) is 0 Å². The smallest absolute Gasteiger partial charge is 0.203 e. The molecule has 0 aliphatic heterocycles. The fourth-order valence-corrected chi connectivity index (χ4v) is 1.11. The minimum atomic E-state index is -2.08. The second-order valence-electron chi connectivity index (χ2n) is 2.76. The molecule has 0 fully saturated rings. The molecule has 8 heteroatoms. The molecule has 0 aliphatic rings. The van der Waals surface area contributed by atoms with Crippen molar-refractivity contribution in [3.05, 3.63) is 35.2 Å². The van der Waals surface area contributed by atoms with Crippen molar-refractivity contribution in [2.45, 2.75) is 0 Å². The van der Waals surface area contributed by atoms with E-state index in [1.807, 2.05) is 0 Å². The summed E-state index contributed by atoms with van der Waals surface area (Å²) in [5, 5.41) is -1.34. The van der Waals surface area contributed by atoms with Crippen molar-refractivity contribution in [1.29, 1.82) is 0 Å². The standard InChI is InChI=1S/C8F6N2/c9-2-1-3(10)5(12)7(14)16-8(1)15-6(13)4(2)11. The third kappa shape index (κ3) is 1.29. The zero-order valence-corrected chi connectivity index (χ0v) is 7.16. The van der Waals surface area contributed by atoms with E-state index in [1.165, 1.54) is 0 Å². The number of rotatable bonds is 0. The summed E-state index contributed by atoms with van der Waals surface area (Å²) in [4.78, 5) is 5.32. The first kappa shape index (κ1) is 10.7. The van der Waals surface area contributed by atoms with Crippen molar-refractivity contribution in [2.75, 3.05) is 0 Å². The van der Waals surface area contributed by atoms with Gasteiger partial charge in [0.25, 0.3) is 11.9 Å². The van der Waals surface area contributed by atoms with Gasteiger partial charge in [0.2, 0.25) is 11.6 Å². The lowest BCUT2D eigenvalue weighted by Gasteiger charge is -2.03. The van der Waals surface area contributed by atoms with E-state index in [0.717, 1.165) is 0 Å². The minimum absolute atomic E-state index is 1.09. The van der Waals surface area contributed by atoms with Crippen LogP contribution in [-0.2, 0) is 0 Å². The molecule has 0 spiro atoms. The summed E-state index contributed by atoms with van der Waals surface area (Å²) >= 11 is 0. The maximum atomic E-state index is 13.0. The number of pyridine rings is 2. The zero-order valence-electron chi connectivity index (χ0n) is 7.16. The Bertz CT molecular complexity index is 548. The SMILES string of the molecule is Fc1nc2nc(F)c(F)c(F)c2c(F)c1F. The molecule has 2 heterocycles. The lowest BCUT2D eigenvalue weighted by molar-refractivity contribution is 0.414. The summed E-state index contributed by atoms with van der Waals surface area (Å²) in [5.41, 5.74) is -1.09. The van der Waals surface area contributed by atoms with Crippen molar-refractivity contribution >= 4 is 11.0 Å². The Hall–Kier alpha value is -1.86. The van der Waals surface area contributed by atoms with E-state index in [2.05, 4.69) is 9.97 Å². The molecule has 16 heavy (non-hydrogen) atoms. The summed E-state index contributed by atoms with van der Waals surface area (Å²) < 4.78 is 76.5. The van der Waals surface area contributed by atoms with E-state index in [0.29, 0.717) is 0 Å². The molecule has 2 rings (SSSR count). The average molecular weight is 238 g/mol. The maximum absolute atomic E-state index is 13.0. The van der Waals surface area contributed by atoms with Crippen molar-refractivity contribution in [2.24, 2.45) is 0 Å². The molecule has 0 unspecified atom stereocenters. The molecule has 0 N–H and O–H groups in total. The fourth-order valence-electron chi connectivity index (χ4n) is 1.11. The van der Waals surface area contributed by atoms with Gasteiger partial charge in [0.15, 0.2) is 17.3 Å². The lowest BCUT2D eigenvalue weighted by atomic mass is 10.2. The van der Waals surface area contributed by atoms with E-state index in [4.69, 9.17) is 0 Å². The molecule has 0 saturated carbocycles. The molecule has 84 valence electrons. The zero-order chi connectivity index (χ0) is 12.0. The van der Waals surface area contributed by atoms with Gasteiger partial charge in [-0.2, -0.15) is 27.5 Å². The Balaban J connectivity index is 3.03. The molecule has 0 bridgehead atoms. The van der Waals surface area contributed by atoms with Crippen LogP contribution in [0.15, 0.2) is 0 Å². The minimum Gasteiger partial charge on any atom is -0.203 e. The monoisotopic (exact) mass is 238 g/mol. The molecule has 0 atom stereocenters. The molecule has 2 aromatic rings. The highest BCUT2D eigenvalue weighted by Gasteiger charge is 2.24. The highest BCUT2D eigenvalue weighted by atomic mass is 19.2. The highest BCUT2D eigenvalue weighted by molar-refractivity contribution is 5.76. The van der Waals surface area contributed by atoms with E-state index >= 15 is 0 Å². The Labute approximate surface area is 83.5 Å². The van der Waals surface area contributed by atoms with Crippen LogP contribution in [0.3, 0.4) is 0 Å². The Kier molecular flexibility index (Phi) is 2.21. The van der Waals surface area contributed by atoms with Crippen molar-refractivity contribution in [1.82, 2.24) is 9.97 Å². The van der Waals surface area contributed by atoms with Gasteiger partial charge in [-0.05, 0) is 0 Å². The van der Waals surface area contributed by atoms with Crippen LogP contribution in [0.5, 0.6) is 0 Å². The molecular weight excluding hydrogens is 238 g/mol. The van der Waals surface area contributed by atoms with Crippen LogP contribution < -0.4 is 0 Å². The van der Waals surface area contributed by atoms with Gasteiger partial charge in [-0.15, -0.1) is 0 Å². The molecule has 0 aromatic carbocycles. The molecule has 0 amide bonds. The predicted molar refractivity (Wildman–Crippen MR) is 39.3 cm³/mol. The quantitative estimate of drug-likeness (QED) is 0.520. The Morgan fingerprint density at radius 1 is 0.562 bits per heavy atom. The number of fused-ring (bicyclic) bond motifs is 1. The van der Waals surface area contributed by atoms with Crippen LogP contribution in [0.1, 0.15) is 0 Å². The van der Waals surface area contributed by atoms with E-state index in [1.54, 1.807) is 0 Å². The summed E-state index contributed by atoms with van der Waals surface area (Å²) in [6, 6.07) is 0. The van der Waals surface area contributed by atoms with E-state index in [-0.39, 0.29) is 0 Å². The largest absolute Gasteiger partial charge is 0.254 e. The first-order valence-electron chi connectivity index (χ1n) is 3.78. The average Bonchev–Trinajstić information content (AvgIpc) is 2.23. The molecule has 0 aliphatic carbocycles. The van der Waals surface area contributed by atoms with Crippen molar-refractivity contribution < 1.29 is 26.3 Å². The second kappa shape index (κ2) is 3.32. The molecule has 0 radical (unpaired) electrons. The van der Waals surface area contributed by atoms with Gasteiger partial charge in [-0.25, -0.2) is 8.78 Å². The normalized spacial score (nSPS) is 11.1. The summed E-state index contributed by atoms with van der Waals surface area (Å²) in [7, 11) is 0. The number of nitrogens with zero attached hydrogens (tertiary/aromatic N) is 2. The number of hydrogen-bond donors (Lipinski definition) is 0. The maximum Gasteiger partial charge on any atom is 0.254 e. The molecule has 2 aromatic heterocycles. The molecule has 2 nitrogen and oxygen atoms in total. The second-order valence-corrected chi connectivity index (χ2v) is 2.76. The van der Waals surface area contributed by atoms with Crippen LogP contribution in [0.25, 0.3) is 11.0 Å². The van der Waals surface area contributed by atoms with Gasteiger partial charge in [-0.3, -0.25) is 0 Å². The first-order valence-corrected chi connectivity index (χ1v) is 3.78.